The predicted octanol–water partition coefficient (Wildman–Crippen LogP) is 8.12. The van der Waals surface area contributed by atoms with Crippen LogP contribution in [0.4, 0.5) is 26.3 Å². The Morgan fingerprint density at radius 3 is 1.98 bits per heavy atom. The molecular weight excluding hydrogens is 530 g/mol. The van der Waals surface area contributed by atoms with Crippen LogP contribution in [-0.4, -0.2) is 19.9 Å². The summed E-state index contributed by atoms with van der Waals surface area (Å²) >= 11 is 0. The molecule has 210 valence electrons. The van der Waals surface area contributed by atoms with Crippen molar-refractivity contribution in [3.05, 3.63) is 119 Å². The molecule has 0 amide bonds. The zero-order valence-corrected chi connectivity index (χ0v) is 21.6. The van der Waals surface area contributed by atoms with E-state index in [4.69, 9.17) is 11.1 Å². The molecule has 9 heteroatoms. The van der Waals surface area contributed by atoms with Gasteiger partial charge in [0.15, 0.2) is 11.6 Å². The fourth-order valence-corrected chi connectivity index (χ4v) is 3.88. The SMILES string of the molecule is COC(F)(F)c1ccc(-c2ccc(CCC(C=N)CN)cc2)cc1F.Fc1ccc(-c2ccccc2F)cc1F. The zero-order valence-electron chi connectivity index (χ0n) is 21.6. The molecule has 0 fully saturated rings. The Morgan fingerprint density at radius 1 is 0.775 bits per heavy atom. The molecule has 0 spiro atoms. The highest BCUT2D eigenvalue weighted by atomic mass is 19.3. The Labute approximate surface area is 228 Å². The van der Waals surface area contributed by atoms with Gasteiger partial charge in [0.05, 0.1) is 5.56 Å². The molecule has 0 bridgehead atoms. The number of nitrogens with one attached hydrogen (secondary N) is 1. The van der Waals surface area contributed by atoms with Crippen molar-refractivity contribution in [2.24, 2.45) is 11.7 Å². The topological polar surface area (TPSA) is 59.1 Å². The number of aryl methyl sites for hydroxylation is 1. The maximum atomic E-state index is 14.0. The van der Waals surface area contributed by atoms with Crippen LogP contribution in [0.5, 0.6) is 0 Å². The van der Waals surface area contributed by atoms with E-state index in [0.29, 0.717) is 17.7 Å². The fraction of sp³-hybridized carbons (Fsp3) is 0.194. The van der Waals surface area contributed by atoms with Gasteiger partial charge in [0, 0.05) is 25.1 Å². The summed E-state index contributed by atoms with van der Waals surface area (Å²) in [6.45, 7) is 0.444. The van der Waals surface area contributed by atoms with Crippen LogP contribution in [-0.2, 0) is 17.3 Å². The smallest absolute Gasteiger partial charge is 0.330 e. The Hall–Kier alpha value is -3.95. The third kappa shape index (κ3) is 7.80. The van der Waals surface area contributed by atoms with Gasteiger partial charge in [-0.15, -0.1) is 0 Å². The summed E-state index contributed by atoms with van der Waals surface area (Å²) in [7, 11) is 0.833. The lowest BCUT2D eigenvalue weighted by atomic mass is 9.97. The zero-order chi connectivity index (χ0) is 29.3. The van der Waals surface area contributed by atoms with Gasteiger partial charge in [-0.25, -0.2) is 17.6 Å². The monoisotopic (exact) mass is 558 g/mol. The van der Waals surface area contributed by atoms with Crippen molar-refractivity contribution in [3.63, 3.8) is 0 Å². The minimum atomic E-state index is -3.65. The van der Waals surface area contributed by atoms with E-state index in [2.05, 4.69) is 4.74 Å². The number of benzene rings is 4. The van der Waals surface area contributed by atoms with Crippen LogP contribution in [0.1, 0.15) is 17.5 Å². The van der Waals surface area contributed by atoms with Crippen LogP contribution in [0, 0.1) is 34.6 Å². The number of hydrogen-bond acceptors (Lipinski definition) is 3. The molecule has 1 atom stereocenters. The summed E-state index contributed by atoms with van der Waals surface area (Å²) in [5, 5.41) is 7.26. The Morgan fingerprint density at radius 2 is 1.40 bits per heavy atom. The van der Waals surface area contributed by atoms with Crippen LogP contribution in [0.25, 0.3) is 22.3 Å². The van der Waals surface area contributed by atoms with E-state index < -0.39 is 34.9 Å². The van der Waals surface area contributed by atoms with Gasteiger partial charge < -0.3 is 15.9 Å². The molecule has 4 rings (SSSR count). The standard InChI is InChI=1S/C19H21F3N2O.C12H7F3/c1-25-19(21,22)17-9-8-16(10-18(17)20)15-6-4-13(5-7-15)2-3-14(11-23)12-24;13-10-4-2-1-3-9(10)8-5-6-11(14)12(15)7-8/h4-11,14,23H,2-3,12,24H2,1H3;1-7H. The summed E-state index contributed by atoms with van der Waals surface area (Å²) in [6, 6.07) is 20.3. The third-order valence-corrected chi connectivity index (χ3v) is 6.27. The van der Waals surface area contributed by atoms with Crippen molar-refractivity contribution in [1.29, 1.82) is 5.41 Å². The van der Waals surface area contributed by atoms with E-state index in [1.807, 2.05) is 24.3 Å². The maximum absolute atomic E-state index is 14.0. The van der Waals surface area contributed by atoms with Crippen molar-refractivity contribution >= 4 is 6.21 Å². The van der Waals surface area contributed by atoms with Gasteiger partial charge in [-0.2, -0.15) is 8.78 Å². The molecule has 1 unspecified atom stereocenters. The van der Waals surface area contributed by atoms with E-state index in [1.54, 1.807) is 12.1 Å². The third-order valence-electron chi connectivity index (χ3n) is 6.27. The molecule has 0 radical (unpaired) electrons. The van der Waals surface area contributed by atoms with Crippen molar-refractivity contribution in [2.45, 2.75) is 19.0 Å². The van der Waals surface area contributed by atoms with Gasteiger partial charge in [0.1, 0.15) is 11.6 Å². The molecule has 0 aliphatic carbocycles. The number of hydrogen-bond donors (Lipinski definition) is 2. The van der Waals surface area contributed by atoms with Crippen LogP contribution >= 0.6 is 0 Å². The first kappa shape index (κ1) is 30.6. The van der Waals surface area contributed by atoms with Gasteiger partial charge in [-0.05, 0) is 71.6 Å². The second-order valence-electron chi connectivity index (χ2n) is 8.92. The number of ether oxygens (including phenoxy) is 1. The molecule has 3 nitrogen and oxygen atoms in total. The first-order chi connectivity index (χ1) is 19.1. The van der Waals surface area contributed by atoms with Gasteiger partial charge in [0.25, 0.3) is 0 Å². The van der Waals surface area contributed by atoms with Crippen LogP contribution in [0.15, 0.2) is 84.9 Å². The molecule has 0 heterocycles. The summed E-state index contributed by atoms with van der Waals surface area (Å²) in [4.78, 5) is 0. The molecule has 0 aromatic heterocycles. The molecular formula is C31H28F6N2O. The van der Waals surface area contributed by atoms with Crippen molar-refractivity contribution < 1.29 is 31.1 Å². The van der Waals surface area contributed by atoms with Crippen molar-refractivity contribution in [3.8, 4) is 22.3 Å². The van der Waals surface area contributed by atoms with Crippen LogP contribution < -0.4 is 5.73 Å². The molecule has 4 aromatic rings. The minimum absolute atomic E-state index is 0.0590. The summed E-state index contributed by atoms with van der Waals surface area (Å²) in [6.07, 6.45) is -0.727. The molecule has 40 heavy (non-hydrogen) atoms. The number of rotatable bonds is 9. The lowest BCUT2D eigenvalue weighted by Gasteiger charge is -2.15. The van der Waals surface area contributed by atoms with Crippen LogP contribution in [0.2, 0.25) is 0 Å². The molecule has 0 saturated carbocycles. The summed E-state index contributed by atoms with van der Waals surface area (Å²) in [5.74, 6) is -3.32. The maximum Gasteiger partial charge on any atom is 0.385 e. The second kappa shape index (κ2) is 13.9. The average molecular weight is 559 g/mol. The summed E-state index contributed by atoms with van der Waals surface area (Å²) in [5.41, 5.74) is 7.69. The van der Waals surface area contributed by atoms with E-state index in [1.165, 1.54) is 30.5 Å². The molecule has 0 aliphatic rings. The highest BCUT2D eigenvalue weighted by molar-refractivity contribution is 5.65. The highest BCUT2D eigenvalue weighted by Gasteiger charge is 2.34. The van der Waals surface area contributed by atoms with E-state index in [0.717, 1.165) is 55.3 Å². The van der Waals surface area contributed by atoms with E-state index in [9.17, 15) is 26.3 Å². The molecule has 4 aromatic carbocycles. The van der Waals surface area contributed by atoms with Gasteiger partial charge in [-0.3, -0.25) is 0 Å². The highest BCUT2D eigenvalue weighted by Crippen LogP contribution is 2.33. The lowest BCUT2D eigenvalue weighted by Crippen LogP contribution is -2.17. The quantitative estimate of drug-likeness (QED) is 0.161. The Kier molecular flexibility index (Phi) is 10.6. The van der Waals surface area contributed by atoms with Gasteiger partial charge >= 0.3 is 6.11 Å². The molecule has 0 saturated heterocycles. The predicted molar refractivity (Wildman–Crippen MR) is 144 cm³/mol. The number of nitrogens with two attached hydrogens (primary N) is 1. The van der Waals surface area contributed by atoms with E-state index in [-0.39, 0.29) is 11.5 Å². The Balaban J connectivity index is 0.000000249. The van der Waals surface area contributed by atoms with Gasteiger partial charge in [0.2, 0.25) is 0 Å². The fourth-order valence-electron chi connectivity index (χ4n) is 3.88. The first-order valence-corrected chi connectivity index (χ1v) is 12.3. The van der Waals surface area contributed by atoms with Crippen molar-refractivity contribution in [1.82, 2.24) is 0 Å². The van der Waals surface area contributed by atoms with Crippen LogP contribution in [0.3, 0.4) is 0 Å². The second-order valence-corrected chi connectivity index (χ2v) is 8.92. The number of methoxy groups -OCH3 is 1. The number of halogens is 6. The van der Waals surface area contributed by atoms with Crippen molar-refractivity contribution in [2.75, 3.05) is 13.7 Å². The van der Waals surface area contributed by atoms with Gasteiger partial charge in [-0.1, -0.05) is 54.6 Å². The van der Waals surface area contributed by atoms with E-state index >= 15 is 0 Å². The largest absolute Gasteiger partial charge is 0.385 e. The number of alkyl halides is 2. The minimum Gasteiger partial charge on any atom is -0.330 e. The lowest BCUT2D eigenvalue weighted by molar-refractivity contribution is -0.233. The normalized spacial score (nSPS) is 11.9. The summed E-state index contributed by atoms with van der Waals surface area (Å²) < 4.78 is 83.8. The average Bonchev–Trinajstić information content (AvgIpc) is 2.96. The molecule has 0 aliphatic heterocycles. The Bertz CT molecular complexity index is 1430. The first-order valence-electron chi connectivity index (χ1n) is 12.3. The molecule has 3 N–H and O–H groups in total.